The van der Waals surface area contributed by atoms with E-state index < -0.39 is 10.8 Å². The average Bonchev–Trinajstić information content (AvgIpc) is 2.61. The molecule has 0 amide bonds. The fourth-order valence-corrected chi connectivity index (χ4v) is 3.56. The van der Waals surface area contributed by atoms with Gasteiger partial charge in [-0.2, -0.15) is 0 Å². The predicted molar refractivity (Wildman–Crippen MR) is 63.5 cm³/mol. The molecule has 0 aliphatic heterocycles. The second-order valence-corrected chi connectivity index (χ2v) is 5.76. The summed E-state index contributed by atoms with van der Waals surface area (Å²) < 4.78 is 12.5. The van der Waals surface area contributed by atoms with Crippen LogP contribution in [-0.2, 0) is 17.2 Å². The van der Waals surface area contributed by atoms with Crippen LogP contribution < -0.4 is 0 Å². The molecular weight excluding hydrogens is 216 g/mol. The molecule has 1 aromatic heterocycles. The fourth-order valence-electron chi connectivity index (χ4n) is 1.09. The molecule has 0 aliphatic rings. The molecule has 1 N–H and O–H groups in total. The highest BCUT2D eigenvalue weighted by Crippen LogP contribution is 2.25. The van der Waals surface area contributed by atoms with Gasteiger partial charge in [0, 0.05) is 17.7 Å². The molecule has 2 nitrogen and oxygen atoms in total. The number of aliphatic hydroxyl groups excluding tert-OH is 1. The van der Waals surface area contributed by atoms with E-state index in [-0.39, 0.29) is 0 Å². The Morgan fingerprint density at radius 2 is 2.00 bits per heavy atom. The smallest absolute Gasteiger partial charge is 0.0916 e. The second-order valence-electron chi connectivity index (χ2n) is 2.66. The first kappa shape index (κ1) is 13.8. The molecule has 1 rings (SSSR count). The van der Waals surface area contributed by atoms with Gasteiger partial charge in [0.25, 0.3) is 0 Å². The van der Waals surface area contributed by atoms with Gasteiger partial charge in [-0.05, 0) is 25.0 Å². The van der Waals surface area contributed by atoms with Crippen LogP contribution >= 0.6 is 11.3 Å². The van der Waals surface area contributed by atoms with Gasteiger partial charge in [0.15, 0.2) is 0 Å². The summed E-state index contributed by atoms with van der Waals surface area (Å²) in [5, 5.41) is 7.00. The van der Waals surface area contributed by atoms with E-state index in [1.807, 2.05) is 6.92 Å². The van der Waals surface area contributed by atoms with Crippen molar-refractivity contribution in [2.45, 2.75) is 31.4 Å². The van der Waals surface area contributed by atoms with Crippen LogP contribution in [0.2, 0.25) is 0 Å². The number of rotatable bonds is 3. The van der Waals surface area contributed by atoms with Crippen molar-refractivity contribution in [3.05, 3.63) is 16.5 Å². The van der Waals surface area contributed by atoms with Gasteiger partial charge in [-0.1, -0.05) is 13.8 Å². The van der Waals surface area contributed by atoms with E-state index in [1.165, 1.54) is 10.4 Å². The van der Waals surface area contributed by atoms with Crippen molar-refractivity contribution in [3.8, 4) is 0 Å². The van der Waals surface area contributed by atoms with Crippen LogP contribution in [-0.4, -0.2) is 22.2 Å². The van der Waals surface area contributed by atoms with E-state index in [0.717, 1.165) is 23.5 Å². The second kappa shape index (κ2) is 7.15. The minimum atomic E-state index is -0.763. The predicted octanol–water partition coefficient (Wildman–Crippen LogP) is 2.35. The first-order chi connectivity index (χ1) is 6.69. The monoisotopic (exact) mass is 234 g/mol. The third-order valence-electron chi connectivity index (χ3n) is 1.81. The minimum absolute atomic E-state index is 0.725. The van der Waals surface area contributed by atoms with Crippen molar-refractivity contribution in [3.63, 3.8) is 0 Å². The molecule has 0 aliphatic carbocycles. The SMILES string of the molecule is CCc1sc(S(=O)CC)cc1C.CO. The highest BCUT2D eigenvalue weighted by molar-refractivity contribution is 7.87. The molecule has 1 unspecified atom stereocenters. The Kier molecular flexibility index (Phi) is 7.05. The van der Waals surface area contributed by atoms with Crippen molar-refractivity contribution in [1.29, 1.82) is 0 Å². The van der Waals surface area contributed by atoms with Crippen molar-refractivity contribution in [2.24, 2.45) is 0 Å². The summed E-state index contributed by atoms with van der Waals surface area (Å²) in [5.74, 6) is 0.725. The van der Waals surface area contributed by atoms with E-state index in [4.69, 9.17) is 5.11 Å². The Labute approximate surface area is 92.4 Å². The van der Waals surface area contributed by atoms with E-state index in [0.29, 0.717) is 0 Å². The first-order valence-electron chi connectivity index (χ1n) is 4.61. The van der Waals surface area contributed by atoms with Crippen molar-refractivity contribution in [2.75, 3.05) is 12.9 Å². The Morgan fingerprint density at radius 1 is 1.43 bits per heavy atom. The van der Waals surface area contributed by atoms with Gasteiger partial charge >= 0.3 is 0 Å². The molecule has 4 heteroatoms. The highest BCUT2D eigenvalue weighted by Gasteiger charge is 2.07. The summed E-state index contributed by atoms with van der Waals surface area (Å²) in [6.07, 6.45) is 1.05. The zero-order valence-electron chi connectivity index (χ0n) is 9.16. The largest absolute Gasteiger partial charge is 0.400 e. The van der Waals surface area contributed by atoms with E-state index >= 15 is 0 Å². The van der Waals surface area contributed by atoms with Crippen LogP contribution in [0.5, 0.6) is 0 Å². The molecule has 1 aromatic rings. The van der Waals surface area contributed by atoms with Crippen LogP contribution in [0.4, 0.5) is 0 Å². The summed E-state index contributed by atoms with van der Waals surface area (Å²) in [6.45, 7) is 6.18. The van der Waals surface area contributed by atoms with Gasteiger partial charge in [-0.25, -0.2) is 0 Å². The summed E-state index contributed by atoms with van der Waals surface area (Å²) in [7, 11) is 0.237. The van der Waals surface area contributed by atoms with Crippen molar-refractivity contribution >= 4 is 22.1 Å². The summed E-state index contributed by atoms with van der Waals surface area (Å²) in [6, 6.07) is 2.06. The van der Waals surface area contributed by atoms with Gasteiger partial charge in [-0.3, -0.25) is 4.21 Å². The normalized spacial score (nSPS) is 11.8. The van der Waals surface area contributed by atoms with Crippen molar-refractivity contribution in [1.82, 2.24) is 0 Å². The zero-order chi connectivity index (χ0) is 11.1. The number of thiophene rings is 1. The van der Waals surface area contributed by atoms with E-state index in [2.05, 4.69) is 19.9 Å². The van der Waals surface area contributed by atoms with Gasteiger partial charge in [0.1, 0.15) is 0 Å². The average molecular weight is 234 g/mol. The number of aryl methyl sites for hydroxylation is 2. The molecule has 0 spiro atoms. The molecule has 0 fully saturated rings. The molecule has 14 heavy (non-hydrogen) atoms. The third-order valence-corrected chi connectivity index (χ3v) is 4.88. The van der Waals surface area contributed by atoms with Crippen LogP contribution in [0.25, 0.3) is 0 Å². The minimum Gasteiger partial charge on any atom is -0.400 e. The molecular formula is C10H18O2S2. The maximum absolute atomic E-state index is 11.4. The Balaban J connectivity index is 0.000000791. The summed E-state index contributed by atoms with van der Waals surface area (Å²) in [4.78, 5) is 1.37. The summed E-state index contributed by atoms with van der Waals surface area (Å²) >= 11 is 1.69. The van der Waals surface area contributed by atoms with Crippen LogP contribution in [0.3, 0.4) is 0 Å². The summed E-state index contributed by atoms with van der Waals surface area (Å²) in [5.41, 5.74) is 1.29. The fraction of sp³-hybridized carbons (Fsp3) is 0.600. The zero-order valence-corrected chi connectivity index (χ0v) is 10.8. The molecule has 0 radical (unpaired) electrons. The van der Waals surface area contributed by atoms with Gasteiger partial charge in [-0.15, -0.1) is 11.3 Å². The van der Waals surface area contributed by atoms with Crippen molar-refractivity contribution < 1.29 is 9.32 Å². The molecule has 0 aromatic carbocycles. The molecule has 0 saturated heterocycles. The van der Waals surface area contributed by atoms with E-state index in [1.54, 1.807) is 11.3 Å². The number of hydrogen-bond donors (Lipinski definition) is 1. The quantitative estimate of drug-likeness (QED) is 0.871. The molecule has 1 heterocycles. The molecule has 0 saturated carbocycles. The maximum Gasteiger partial charge on any atom is 0.0916 e. The molecule has 0 bridgehead atoms. The Hall–Kier alpha value is -0.190. The lowest BCUT2D eigenvalue weighted by Crippen LogP contribution is -1.88. The van der Waals surface area contributed by atoms with Crippen LogP contribution in [0, 0.1) is 6.92 Å². The standard InChI is InChI=1S/C9H14OS2.CH4O/c1-4-8-7(3)6-9(11-8)12(10)5-2;1-2/h6H,4-5H2,1-3H3;2H,1H3. The lowest BCUT2D eigenvalue weighted by molar-refractivity contribution is 0.399. The van der Waals surface area contributed by atoms with E-state index in [9.17, 15) is 4.21 Å². The number of hydrogen-bond acceptors (Lipinski definition) is 3. The van der Waals surface area contributed by atoms with Crippen LogP contribution in [0.1, 0.15) is 24.3 Å². The lowest BCUT2D eigenvalue weighted by atomic mass is 10.2. The van der Waals surface area contributed by atoms with Gasteiger partial charge < -0.3 is 5.11 Å². The van der Waals surface area contributed by atoms with Gasteiger partial charge in [0.05, 0.1) is 15.0 Å². The topological polar surface area (TPSA) is 37.3 Å². The lowest BCUT2D eigenvalue weighted by Gasteiger charge is -1.90. The number of aliphatic hydroxyl groups is 1. The Morgan fingerprint density at radius 3 is 2.36 bits per heavy atom. The molecule has 82 valence electrons. The molecule has 1 atom stereocenters. The maximum atomic E-state index is 11.4. The highest BCUT2D eigenvalue weighted by atomic mass is 32.2. The third kappa shape index (κ3) is 3.52. The first-order valence-corrected chi connectivity index (χ1v) is 6.75. The van der Waals surface area contributed by atoms with Gasteiger partial charge in [0.2, 0.25) is 0 Å². The van der Waals surface area contributed by atoms with Crippen LogP contribution in [0.15, 0.2) is 10.3 Å². The Bertz CT molecular complexity index is 292.